The van der Waals surface area contributed by atoms with Crippen LogP contribution in [0.25, 0.3) is 31.9 Å². The third-order valence-corrected chi connectivity index (χ3v) is 12.1. The van der Waals surface area contributed by atoms with Crippen molar-refractivity contribution in [2.24, 2.45) is 0 Å². The molecule has 0 aliphatic rings. The predicted molar refractivity (Wildman–Crippen MR) is 198 cm³/mol. The minimum absolute atomic E-state index is 0.248. The fourth-order valence-corrected chi connectivity index (χ4v) is 9.52. The first-order chi connectivity index (χ1) is 23.0. The van der Waals surface area contributed by atoms with Crippen LogP contribution in [0.5, 0.6) is 0 Å². The number of hydrogen-bond donors (Lipinski definition) is 0. The molecule has 0 saturated heterocycles. The van der Waals surface area contributed by atoms with Gasteiger partial charge in [0.05, 0.1) is 0 Å². The molecule has 0 spiro atoms. The SMILES string of the molecule is CCCCCCCCCCCc1csc(-c2c([N+](=O)[O-])c([N+](=O)[O-])c(-c3cc(CCCCCCCCCCC)cs3)c3n[se]nc23)c1. The van der Waals surface area contributed by atoms with E-state index in [0.717, 1.165) is 49.7 Å². The standard InChI is InChI=1S/C36H50N4O4S2Se/c1-3-5-7-9-11-13-15-17-19-21-27-23-29(45-25-27)31-33-34(38-47-37-33)32(36(40(43)44)35(31)39(41)42)30-24-28(26-46-30)22-20-18-16-14-12-10-8-6-4-2/h23-26H,3-22H2,1-2H3. The molecule has 4 aromatic rings. The van der Waals surface area contributed by atoms with E-state index < -0.39 is 36.2 Å². The molecule has 0 amide bonds. The second-order valence-corrected chi connectivity index (χ2v) is 15.6. The van der Waals surface area contributed by atoms with Crippen LogP contribution < -0.4 is 0 Å². The second kappa shape index (κ2) is 20.1. The average molecular weight is 746 g/mol. The maximum absolute atomic E-state index is 12.6. The summed E-state index contributed by atoms with van der Waals surface area (Å²) in [7, 11) is 0. The molecule has 256 valence electrons. The topological polar surface area (TPSA) is 112 Å². The number of rotatable bonds is 24. The minimum atomic E-state index is -0.589. The first-order valence-corrected chi connectivity index (χ1v) is 21.0. The van der Waals surface area contributed by atoms with Gasteiger partial charge in [0.2, 0.25) is 0 Å². The van der Waals surface area contributed by atoms with E-state index >= 15 is 0 Å². The fraction of sp³-hybridized carbons (Fsp3) is 0.611. The molecule has 0 fully saturated rings. The number of nitro groups is 2. The summed E-state index contributed by atoms with van der Waals surface area (Å²) in [6.07, 6.45) is 24.3. The number of nitro benzene ring substituents is 2. The molecule has 4 rings (SSSR count). The Bertz CT molecular complexity index is 1450. The van der Waals surface area contributed by atoms with Gasteiger partial charge in [-0.3, -0.25) is 0 Å². The molecule has 3 aromatic heterocycles. The van der Waals surface area contributed by atoms with Crippen LogP contribution in [-0.2, 0) is 12.8 Å². The van der Waals surface area contributed by atoms with Crippen molar-refractivity contribution in [3.63, 3.8) is 0 Å². The van der Waals surface area contributed by atoms with E-state index in [-0.39, 0.29) is 11.1 Å². The zero-order valence-corrected chi connectivity index (χ0v) is 31.4. The van der Waals surface area contributed by atoms with Crippen LogP contribution in [0.4, 0.5) is 11.4 Å². The summed E-state index contributed by atoms with van der Waals surface area (Å²) in [6, 6.07) is 3.94. The molecule has 11 heteroatoms. The van der Waals surface area contributed by atoms with Gasteiger partial charge in [0.15, 0.2) is 0 Å². The van der Waals surface area contributed by atoms with Gasteiger partial charge in [-0.05, 0) is 0 Å². The Hall–Kier alpha value is -2.46. The molecular formula is C36H50N4O4S2Se. The predicted octanol–water partition coefficient (Wildman–Crippen LogP) is 12.1. The second-order valence-electron chi connectivity index (χ2n) is 12.7. The van der Waals surface area contributed by atoms with Gasteiger partial charge >= 0.3 is 230 Å². The van der Waals surface area contributed by atoms with Gasteiger partial charge in [-0.2, -0.15) is 0 Å². The van der Waals surface area contributed by atoms with Crippen LogP contribution in [-0.4, -0.2) is 32.8 Å². The molecule has 0 unspecified atom stereocenters. The van der Waals surface area contributed by atoms with Crippen molar-refractivity contribution in [2.75, 3.05) is 0 Å². The van der Waals surface area contributed by atoms with Crippen molar-refractivity contribution in [3.8, 4) is 20.9 Å². The molecule has 3 heterocycles. The number of fused-ring (bicyclic) bond motifs is 1. The van der Waals surface area contributed by atoms with Crippen molar-refractivity contribution in [1.29, 1.82) is 0 Å². The Morgan fingerprint density at radius 3 is 1.26 bits per heavy atom. The molecule has 47 heavy (non-hydrogen) atoms. The molecule has 0 atom stereocenters. The molecule has 0 N–H and O–H groups in total. The maximum atomic E-state index is 12.6. The van der Waals surface area contributed by atoms with E-state index in [4.69, 9.17) is 0 Å². The van der Waals surface area contributed by atoms with E-state index in [9.17, 15) is 20.2 Å². The Morgan fingerprint density at radius 2 is 0.915 bits per heavy atom. The number of nitrogens with zero attached hydrogens (tertiary/aromatic N) is 4. The summed E-state index contributed by atoms with van der Waals surface area (Å²) in [5, 5.41) is 29.3. The Labute approximate surface area is 293 Å². The van der Waals surface area contributed by atoms with Crippen molar-refractivity contribution >= 4 is 60.0 Å². The number of benzene rings is 1. The third-order valence-electron chi connectivity index (χ3n) is 8.96. The van der Waals surface area contributed by atoms with E-state index in [1.165, 1.54) is 113 Å². The van der Waals surface area contributed by atoms with Crippen molar-refractivity contribution in [1.82, 2.24) is 7.96 Å². The summed E-state index contributed by atoms with van der Waals surface area (Å²) in [5.41, 5.74) is 2.66. The van der Waals surface area contributed by atoms with E-state index in [1.54, 1.807) is 0 Å². The molecule has 0 radical (unpaired) electrons. The Kier molecular flexibility index (Phi) is 16.0. The van der Waals surface area contributed by atoms with Crippen LogP contribution in [0.15, 0.2) is 22.9 Å². The van der Waals surface area contributed by atoms with Gasteiger partial charge in [-0.25, -0.2) is 0 Å². The van der Waals surface area contributed by atoms with Crippen molar-refractivity contribution < 1.29 is 9.85 Å². The van der Waals surface area contributed by atoms with Gasteiger partial charge in [-0.15, -0.1) is 0 Å². The zero-order valence-electron chi connectivity index (χ0n) is 28.1. The average Bonchev–Trinajstić information content (AvgIpc) is 3.84. The van der Waals surface area contributed by atoms with Gasteiger partial charge < -0.3 is 0 Å². The summed E-state index contributed by atoms with van der Waals surface area (Å²) in [6.45, 7) is 4.48. The van der Waals surface area contributed by atoms with Gasteiger partial charge in [-0.1, -0.05) is 65.2 Å². The van der Waals surface area contributed by atoms with E-state index in [0.29, 0.717) is 20.8 Å². The molecule has 0 bridgehead atoms. The van der Waals surface area contributed by atoms with Gasteiger partial charge in [0.25, 0.3) is 0 Å². The summed E-state index contributed by atoms with van der Waals surface area (Å²) >= 11 is 2.30. The van der Waals surface area contributed by atoms with Crippen LogP contribution in [0.3, 0.4) is 0 Å². The van der Waals surface area contributed by atoms with Crippen molar-refractivity contribution in [3.05, 3.63) is 54.2 Å². The van der Waals surface area contributed by atoms with Gasteiger partial charge in [0, 0.05) is 0 Å². The van der Waals surface area contributed by atoms with Crippen LogP contribution in [0.1, 0.15) is 141 Å². The molecule has 8 nitrogen and oxygen atoms in total. The van der Waals surface area contributed by atoms with Crippen LogP contribution >= 0.6 is 22.7 Å². The van der Waals surface area contributed by atoms with Crippen LogP contribution in [0.2, 0.25) is 0 Å². The third kappa shape index (κ3) is 10.8. The summed E-state index contributed by atoms with van der Waals surface area (Å²) < 4.78 is 9.25. The fourth-order valence-electron chi connectivity index (χ4n) is 6.36. The summed E-state index contributed by atoms with van der Waals surface area (Å²) in [5.74, 6) is 0. The normalized spacial score (nSPS) is 11.5. The quantitative estimate of drug-likeness (QED) is 0.0305. The molecule has 0 aliphatic heterocycles. The number of thiophene rings is 2. The number of hydrogen-bond acceptors (Lipinski definition) is 8. The number of aryl methyl sites for hydroxylation is 2. The van der Waals surface area contributed by atoms with E-state index in [2.05, 4.69) is 21.8 Å². The Morgan fingerprint density at radius 1 is 0.574 bits per heavy atom. The monoisotopic (exact) mass is 746 g/mol. The first-order valence-electron chi connectivity index (χ1n) is 17.7. The number of unbranched alkanes of at least 4 members (excludes halogenated alkanes) is 16. The molecular weight excluding hydrogens is 696 g/mol. The van der Waals surface area contributed by atoms with Crippen LogP contribution in [0, 0.1) is 20.2 Å². The molecule has 0 aliphatic carbocycles. The first kappa shape index (κ1) is 37.4. The Balaban J connectivity index is 1.48. The van der Waals surface area contributed by atoms with E-state index in [1.807, 2.05) is 22.9 Å². The zero-order chi connectivity index (χ0) is 33.4. The summed E-state index contributed by atoms with van der Waals surface area (Å²) in [4.78, 5) is 25.4. The van der Waals surface area contributed by atoms with Gasteiger partial charge in [0.1, 0.15) is 0 Å². The number of aromatic nitrogens is 2. The van der Waals surface area contributed by atoms with Crippen molar-refractivity contribution in [2.45, 2.75) is 142 Å². The molecule has 1 aromatic carbocycles. The molecule has 0 saturated carbocycles.